The molecule has 7 nitrogen and oxygen atoms in total. The number of carbonyl (C=O) groups is 1. The highest BCUT2D eigenvalue weighted by Crippen LogP contribution is 2.16. The summed E-state index contributed by atoms with van der Waals surface area (Å²) in [6.07, 6.45) is -0.0290. The maximum Gasteiger partial charge on any atom is 0.307 e. The maximum atomic E-state index is 10.8. The lowest BCUT2D eigenvalue weighted by Crippen LogP contribution is -2.06. The third kappa shape index (κ3) is 2.87. The van der Waals surface area contributed by atoms with E-state index >= 15 is 0 Å². The summed E-state index contributed by atoms with van der Waals surface area (Å²) in [6, 6.07) is 0. The van der Waals surface area contributed by atoms with E-state index in [0.717, 1.165) is 11.3 Å². The summed E-state index contributed by atoms with van der Waals surface area (Å²) in [5.74, 6) is 0.472. The Labute approximate surface area is 116 Å². The van der Waals surface area contributed by atoms with E-state index in [1.54, 1.807) is 11.6 Å². The summed E-state index contributed by atoms with van der Waals surface area (Å²) >= 11 is 0. The van der Waals surface area contributed by atoms with E-state index in [1.807, 2.05) is 20.8 Å². The monoisotopic (exact) mass is 278 g/mol. The lowest BCUT2D eigenvalue weighted by Gasteiger charge is -2.01. The Morgan fingerprint density at radius 2 is 2.10 bits per heavy atom. The first-order chi connectivity index (χ1) is 9.38. The third-order valence-corrected chi connectivity index (χ3v) is 3.14. The molecule has 0 aliphatic carbocycles. The van der Waals surface area contributed by atoms with Crippen molar-refractivity contribution in [2.45, 2.75) is 46.6 Å². The normalized spacial score (nSPS) is 11.2. The zero-order chi connectivity index (χ0) is 14.9. The molecule has 2 heterocycles. The topological polar surface area (TPSA) is 94.0 Å². The number of hydrogen-bond acceptors (Lipinski definition) is 5. The van der Waals surface area contributed by atoms with Gasteiger partial charge in [0.15, 0.2) is 5.82 Å². The van der Waals surface area contributed by atoms with Crippen LogP contribution in [0.3, 0.4) is 0 Å². The van der Waals surface area contributed by atoms with Gasteiger partial charge in [0.1, 0.15) is 6.54 Å². The Balaban J connectivity index is 2.23. The zero-order valence-electron chi connectivity index (χ0n) is 12.0. The van der Waals surface area contributed by atoms with Crippen molar-refractivity contribution in [3.8, 4) is 0 Å². The predicted octanol–water partition coefficient (Wildman–Crippen LogP) is 1.68. The third-order valence-electron chi connectivity index (χ3n) is 3.14. The van der Waals surface area contributed by atoms with E-state index in [4.69, 9.17) is 9.63 Å². The Kier molecular flexibility index (Phi) is 3.87. The first-order valence-corrected chi connectivity index (χ1v) is 6.45. The molecular weight excluding hydrogens is 260 g/mol. The van der Waals surface area contributed by atoms with Crippen LogP contribution in [0.25, 0.3) is 0 Å². The van der Waals surface area contributed by atoms with Crippen molar-refractivity contribution in [1.82, 2.24) is 19.9 Å². The molecule has 2 rings (SSSR count). The number of aliphatic carboxylic acids is 1. The van der Waals surface area contributed by atoms with Crippen molar-refractivity contribution >= 4 is 5.97 Å². The molecule has 7 heteroatoms. The minimum absolute atomic E-state index is 0.0290. The van der Waals surface area contributed by atoms with E-state index in [0.29, 0.717) is 24.0 Å². The Hall–Kier alpha value is -2.18. The van der Waals surface area contributed by atoms with Crippen molar-refractivity contribution in [3.63, 3.8) is 0 Å². The average Bonchev–Trinajstić information content (AvgIpc) is 2.91. The van der Waals surface area contributed by atoms with Gasteiger partial charge in [0.05, 0.1) is 12.1 Å². The second-order valence-corrected chi connectivity index (χ2v) is 5.08. The first-order valence-electron chi connectivity index (χ1n) is 6.45. The number of nitrogens with zero attached hydrogens (tertiary/aromatic N) is 4. The Morgan fingerprint density at radius 1 is 1.40 bits per heavy atom. The van der Waals surface area contributed by atoms with Crippen LogP contribution in [0.1, 0.15) is 48.4 Å². The summed E-state index contributed by atoms with van der Waals surface area (Å²) in [4.78, 5) is 15.1. The van der Waals surface area contributed by atoms with Gasteiger partial charge in [0.2, 0.25) is 5.89 Å². The minimum atomic E-state index is -0.865. The predicted molar refractivity (Wildman–Crippen MR) is 70.5 cm³/mol. The first kappa shape index (κ1) is 14.2. The molecule has 0 aliphatic rings. The standard InChI is InChI=1S/C13H18N4O3/c1-7(2)13-14-11(20-16-13)6-17-9(4)10(5-12(18)19)8(3)15-17/h7H,5-6H2,1-4H3,(H,18,19). The van der Waals surface area contributed by atoms with E-state index in [-0.39, 0.29) is 12.3 Å². The van der Waals surface area contributed by atoms with E-state index < -0.39 is 5.97 Å². The smallest absolute Gasteiger partial charge is 0.307 e. The summed E-state index contributed by atoms with van der Waals surface area (Å²) in [6.45, 7) is 7.98. The van der Waals surface area contributed by atoms with Crippen molar-refractivity contribution < 1.29 is 14.4 Å². The van der Waals surface area contributed by atoms with Crippen LogP contribution in [-0.4, -0.2) is 31.0 Å². The molecule has 0 saturated heterocycles. The molecule has 0 amide bonds. The van der Waals surface area contributed by atoms with Crippen LogP contribution in [-0.2, 0) is 17.8 Å². The van der Waals surface area contributed by atoms with Gasteiger partial charge in [-0.25, -0.2) is 0 Å². The van der Waals surface area contributed by atoms with Gasteiger partial charge in [-0.2, -0.15) is 10.1 Å². The average molecular weight is 278 g/mol. The van der Waals surface area contributed by atoms with E-state index in [1.165, 1.54) is 0 Å². The van der Waals surface area contributed by atoms with Gasteiger partial charge in [-0.15, -0.1) is 0 Å². The maximum absolute atomic E-state index is 10.8. The van der Waals surface area contributed by atoms with Gasteiger partial charge in [-0.1, -0.05) is 19.0 Å². The van der Waals surface area contributed by atoms with Crippen LogP contribution >= 0.6 is 0 Å². The molecule has 2 aromatic heterocycles. The van der Waals surface area contributed by atoms with Crippen LogP contribution in [0, 0.1) is 13.8 Å². The summed E-state index contributed by atoms with van der Waals surface area (Å²) < 4.78 is 6.88. The highest BCUT2D eigenvalue weighted by atomic mass is 16.5. The number of hydrogen-bond donors (Lipinski definition) is 1. The van der Waals surface area contributed by atoms with Gasteiger partial charge in [-0.3, -0.25) is 9.48 Å². The van der Waals surface area contributed by atoms with Gasteiger partial charge in [-0.05, 0) is 13.8 Å². The van der Waals surface area contributed by atoms with E-state index in [9.17, 15) is 4.79 Å². The largest absolute Gasteiger partial charge is 0.481 e. The second-order valence-electron chi connectivity index (χ2n) is 5.08. The minimum Gasteiger partial charge on any atom is -0.481 e. The highest BCUT2D eigenvalue weighted by molar-refractivity contribution is 5.70. The second kappa shape index (κ2) is 5.44. The van der Waals surface area contributed by atoms with E-state index in [2.05, 4.69) is 15.2 Å². The highest BCUT2D eigenvalue weighted by Gasteiger charge is 2.17. The molecule has 2 aromatic rings. The molecule has 108 valence electrons. The molecule has 0 radical (unpaired) electrons. The molecule has 20 heavy (non-hydrogen) atoms. The van der Waals surface area contributed by atoms with Gasteiger partial charge >= 0.3 is 5.97 Å². The van der Waals surface area contributed by atoms with Crippen LogP contribution in [0.5, 0.6) is 0 Å². The van der Waals surface area contributed by atoms with Gasteiger partial charge in [0, 0.05) is 17.2 Å². The fraction of sp³-hybridized carbons (Fsp3) is 0.538. The van der Waals surface area contributed by atoms with Crippen LogP contribution in [0.4, 0.5) is 0 Å². The number of aryl methyl sites for hydroxylation is 1. The molecule has 0 spiro atoms. The molecule has 0 fully saturated rings. The zero-order valence-corrected chi connectivity index (χ0v) is 12.0. The Morgan fingerprint density at radius 3 is 2.65 bits per heavy atom. The molecule has 0 atom stereocenters. The van der Waals surface area contributed by atoms with Gasteiger partial charge < -0.3 is 9.63 Å². The number of carboxylic acids is 1. The van der Waals surface area contributed by atoms with Crippen LogP contribution in [0.2, 0.25) is 0 Å². The lowest BCUT2D eigenvalue weighted by atomic mass is 10.1. The van der Waals surface area contributed by atoms with Crippen molar-refractivity contribution in [2.24, 2.45) is 0 Å². The number of rotatable bonds is 5. The fourth-order valence-electron chi connectivity index (χ4n) is 1.99. The Bertz CT molecular complexity index is 628. The van der Waals surface area contributed by atoms with Crippen LogP contribution in [0.15, 0.2) is 4.52 Å². The summed E-state index contributed by atoms with van der Waals surface area (Å²) in [5, 5.41) is 17.1. The SMILES string of the molecule is Cc1nn(Cc2nc(C(C)C)no2)c(C)c1CC(=O)O. The number of aromatic nitrogens is 4. The van der Waals surface area contributed by atoms with Gasteiger partial charge in [0.25, 0.3) is 0 Å². The number of carboxylic acid groups (broad SMARTS) is 1. The van der Waals surface area contributed by atoms with Crippen molar-refractivity contribution in [1.29, 1.82) is 0 Å². The quantitative estimate of drug-likeness (QED) is 0.894. The molecule has 1 N–H and O–H groups in total. The molecular formula is C13H18N4O3. The van der Waals surface area contributed by atoms with Crippen molar-refractivity contribution in [3.05, 3.63) is 28.7 Å². The molecule has 0 saturated carbocycles. The van der Waals surface area contributed by atoms with Crippen LogP contribution < -0.4 is 0 Å². The molecule has 0 aliphatic heterocycles. The molecule has 0 unspecified atom stereocenters. The summed E-state index contributed by atoms with van der Waals surface area (Å²) in [5.41, 5.74) is 2.27. The lowest BCUT2D eigenvalue weighted by molar-refractivity contribution is -0.136. The molecule has 0 bridgehead atoms. The molecule has 0 aromatic carbocycles. The van der Waals surface area contributed by atoms with Crippen molar-refractivity contribution in [2.75, 3.05) is 0 Å². The summed E-state index contributed by atoms with van der Waals surface area (Å²) in [7, 11) is 0. The fourth-order valence-corrected chi connectivity index (χ4v) is 1.99.